The summed E-state index contributed by atoms with van der Waals surface area (Å²) in [5, 5.41) is 9.90. The molecule has 4 aromatic rings. The molecule has 0 radical (unpaired) electrons. The topological polar surface area (TPSA) is 40.5 Å². The summed E-state index contributed by atoms with van der Waals surface area (Å²) >= 11 is 0. The Morgan fingerprint density at radius 2 is 1.46 bits per heavy atom. The Bertz CT molecular complexity index is 1270. The molecule has 1 unspecified atom stereocenters. The molecule has 4 heteroatoms. The van der Waals surface area contributed by atoms with Crippen LogP contribution in [-0.4, -0.2) is 16.0 Å². The van der Waals surface area contributed by atoms with Crippen molar-refractivity contribution in [2.75, 3.05) is 0 Å². The number of carboxylic acid groups (broad SMARTS) is 1. The van der Waals surface area contributed by atoms with Crippen LogP contribution in [0.4, 0.5) is 4.39 Å². The van der Waals surface area contributed by atoms with E-state index >= 15 is 4.39 Å². The highest BCUT2D eigenvalue weighted by atomic mass is 19.1. The molecule has 0 aromatic heterocycles. The fourth-order valence-corrected chi connectivity index (χ4v) is 4.66. The molecule has 0 aliphatic heterocycles. The number of nitrogens with zero attached hydrogens (tertiary/aromatic N) is 1. The third-order valence-corrected chi connectivity index (χ3v) is 6.57. The van der Waals surface area contributed by atoms with Crippen molar-refractivity contribution in [3.63, 3.8) is 0 Å². The van der Waals surface area contributed by atoms with Gasteiger partial charge in [-0.1, -0.05) is 91.0 Å². The number of benzene rings is 4. The van der Waals surface area contributed by atoms with Gasteiger partial charge in [0.2, 0.25) is 0 Å². The van der Waals surface area contributed by atoms with Crippen LogP contribution >= 0.6 is 0 Å². The highest BCUT2D eigenvalue weighted by Gasteiger charge is 2.29. The molecule has 3 nitrogen and oxygen atoms in total. The summed E-state index contributed by atoms with van der Waals surface area (Å²) < 4.78 is 15.0. The number of carbonyl (C=O) groups is 1. The maximum absolute atomic E-state index is 15.0. The molecule has 2 atom stereocenters. The van der Waals surface area contributed by atoms with Crippen LogP contribution in [0.25, 0.3) is 11.1 Å². The molecule has 0 amide bonds. The van der Waals surface area contributed by atoms with E-state index in [2.05, 4.69) is 24.0 Å². The van der Waals surface area contributed by atoms with E-state index in [1.54, 1.807) is 6.07 Å². The van der Waals surface area contributed by atoms with Crippen molar-refractivity contribution in [3.05, 3.63) is 131 Å². The molecule has 178 valence electrons. The summed E-state index contributed by atoms with van der Waals surface area (Å²) in [4.78, 5) is 14.3. The van der Waals surface area contributed by atoms with Crippen LogP contribution < -0.4 is 0 Å². The Hall–Kier alpha value is -3.76. The molecule has 0 spiro atoms. The van der Waals surface area contributed by atoms with Crippen molar-refractivity contribution in [1.29, 1.82) is 0 Å². The highest BCUT2D eigenvalue weighted by molar-refractivity contribution is 5.70. The quantitative estimate of drug-likeness (QED) is 0.276. The molecule has 0 heterocycles. The average molecular weight is 468 g/mol. The first-order valence-corrected chi connectivity index (χ1v) is 11.9. The van der Waals surface area contributed by atoms with Crippen LogP contribution in [0, 0.1) is 12.7 Å². The van der Waals surface area contributed by atoms with E-state index in [0.29, 0.717) is 12.1 Å². The molecule has 0 aliphatic rings. The Morgan fingerprint density at radius 3 is 2.11 bits per heavy atom. The fourth-order valence-electron chi connectivity index (χ4n) is 4.66. The summed E-state index contributed by atoms with van der Waals surface area (Å²) in [6.07, 6.45) is -0.0944. The largest absolute Gasteiger partial charge is 0.481 e. The minimum absolute atomic E-state index is 0.0623. The molecule has 0 aliphatic carbocycles. The molecule has 1 N–H and O–H groups in total. The lowest BCUT2D eigenvalue weighted by Gasteiger charge is -2.37. The minimum Gasteiger partial charge on any atom is -0.481 e. The summed E-state index contributed by atoms with van der Waals surface area (Å²) in [6.45, 7) is 4.61. The van der Waals surface area contributed by atoms with Crippen molar-refractivity contribution in [3.8, 4) is 11.1 Å². The van der Waals surface area contributed by atoms with Crippen LogP contribution in [0.1, 0.15) is 47.7 Å². The molecular weight excluding hydrogens is 437 g/mol. The van der Waals surface area contributed by atoms with Gasteiger partial charge in [-0.05, 0) is 53.8 Å². The molecule has 4 rings (SSSR count). The van der Waals surface area contributed by atoms with Gasteiger partial charge < -0.3 is 5.11 Å². The van der Waals surface area contributed by atoms with Crippen molar-refractivity contribution in [2.45, 2.75) is 38.9 Å². The van der Waals surface area contributed by atoms with E-state index in [-0.39, 0.29) is 18.3 Å². The van der Waals surface area contributed by atoms with Crippen LogP contribution in [0.5, 0.6) is 0 Å². The third kappa shape index (κ3) is 5.84. The zero-order chi connectivity index (χ0) is 24.8. The van der Waals surface area contributed by atoms with Gasteiger partial charge in [0, 0.05) is 24.2 Å². The molecule has 4 aromatic carbocycles. The monoisotopic (exact) mass is 467 g/mol. The number of halogens is 1. The lowest BCUT2D eigenvalue weighted by atomic mass is 9.92. The Labute approximate surface area is 206 Å². The van der Waals surface area contributed by atoms with Crippen molar-refractivity contribution < 1.29 is 14.3 Å². The van der Waals surface area contributed by atoms with Gasteiger partial charge in [-0.2, -0.15) is 0 Å². The SMILES string of the molecule is Cc1ccccc1-c1cc(C(CC(=O)O)N(Cc2ccccc2)[C@H](C)c2ccccc2)ccc1F. The van der Waals surface area contributed by atoms with Crippen molar-refractivity contribution in [2.24, 2.45) is 0 Å². The molecule has 0 saturated carbocycles. The third-order valence-electron chi connectivity index (χ3n) is 6.57. The number of hydrogen-bond acceptors (Lipinski definition) is 2. The first-order chi connectivity index (χ1) is 16.9. The maximum Gasteiger partial charge on any atom is 0.305 e. The predicted molar refractivity (Wildman–Crippen MR) is 138 cm³/mol. The van der Waals surface area contributed by atoms with E-state index in [4.69, 9.17) is 0 Å². The van der Waals surface area contributed by atoms with E-state index in [1.165, 1.54) is 6.07 Å². The summed E-state index contributed by atoms with van der Waals surface area (Å²) in [5.74, 6) is -1.21. The van der Waals surface area contributed by atoms with Crippen LogP contribution in [0.3, 0.4) is 0 Å². The van der Waals surface area contributed by atoms with Crippen molar-refractivity contribution >= 4 is 5.97 Å². The average Bonchev–Trinajstić information content (AvgIpc) is 2.87. The standard InChI is InChI=1S/C31H30FNO2/c1-22-11-9-10-16-27(22)28-19-26(17-18-29(28)32)30(20-31(34)35)33(21-24-12-5-3-6-13-24)23(2)25-14-7-4-8-15-25/h3-19,23,30H,20-21H2,1-2H3,(H,34,35)/t23-,30?/m1/s1. The van der Waals surface area contributed by atoms with Gasteiger partial charge in [0.1, 0.15) is 5.82 Å². The summed E-state index contributed by atoms with van der Waals surface area (Å²) in [7, 11) is 0. The molecule has 0 fully saturated rings. The predicted octanol–water partition coefficient (Wildman–Crippen LogP) is 7.58. The normalized spacial score (nSPS) is 12.9. The van der Waals surface area contributed by atoms with Gasteiger partial charge in [0.15, 0.2) is 0 Å². The van der Waals surface area contributed by atoms with Gasteiger partial charge in [-0.15, -0.1) is 0 Å². The first kappa shape index (κ1) is 24.4. The van der Waals surface area contributed by atoms with Gasteiger partial charge in [-0.25, -0.2) is 4.39 Å². The smallest absolute Gasteiger partial charge is 0.305 e. The Kier molecular flexibility index (Phi) is 7.74. The van der Waals surface area contributed by atoms with Crippen LogP contribution in [0.15, 0.2) is 103 Å². The van der Waals surface area contributed by atoms with E-state index < -0.39 is 12.0 Å². The fraction of sp³-hybridized carbons (Fsp3) is 0.194. The van der Waals surface area contributed by atoms with Gasteiger partial charge >= 0.3 is 5.97 Å². The maximum atomic E-state index is 15.0. The first-order valence-electron chi connectivity index (χ1n) is 11.9. The zero-order valence-electron chi connectivity index (χ0n) is 20.1. The Morgan fingerprint density at radius 1 is 0.829 bits per heavy atom. The number of aryl methyl sites for hydroxylation is 1. The number of hydrogen-bond donors (Lipinski definition) is 1. The van der Waals surface area contributed by atoms with Gasteiger partial charge in [-0.3, -0.25) is 9.69 Å². The summed E-state index contributed by atoms with van der Waals surface area (Å²) in [6, 6.07) is 32.3. The van der Waals surface area contributed by atoms with E-state index in [1.807, 2.05) is 85.8 Å². The second-order valence-corrected chi connectivity index (χ2v) is 8.91. The number of aliphatic carboxylic acids is 1. The Balaban J connectivity index is 1.82. The van der Waals surface area contributed by atoms with Gasteiger partial charge in [0.25, 0.3) is 0 Å². The van der Waals surface area contributed by atoms with E-state index in [9.17, 15) is 9.90 Å². The second-order valence-electron chi connectivity index (χ2n) is 8.91. The lowest BCUT2D eigenvalue weighted by molar-refractivity contribution is -0.138. The van der Waals surface area contributed by atoms with E-state index in [0.717, 1.165) is 27.8 Å². The molecule has 0 saturated heterocycles. The number of carboxylic acids is 1. The zero-order valence-corrected chi connectivity index (χ0v) is 20.1. The van der Waals surface area contributed by atoms with Gasteiger partial charge in [0.05, 0.1) is 6.42 Å². The lowest BCUT2D eigenvalue weighted by Crippen LogP contribution is -2.32. The summed E-state index contributed by atoms with van der Waals surface area (Å²) in [5.41, 5.74) is 5.24. The number of rotatable bonds is 9. The molecular formula is C31H30FNO2. The molecule has 35 heavy (non-hydrogen) atoms. The second kappa shape index (κ2) is 11.1. The van der Waals surface area contributed by atoms with Crippen LogP contribution in [-0.2, 0) is 11.3 Å². The van der Waals surface area contributed by atoms with Crippen molar-refractivity contribution in [1.82, 2.24) is 4.90 Å². The highest BCUT2D eigenvalue weighted by Crippen LogP contribution is 2.37. The van der Waals surface area contributed by atoms with Crippen LogP contribution in [0.2, 0.25) is 0 Å². The minimum atomic E-state index is -0.893. The molecule has 0 bridgehead atoms.